The Labute approximate surface area is 138 Å². The van der Waals surface area contributed by atoms with Crippen molar-refractivity contribution < 1.29 is 9.72 Å². The molecule has 1 aliphatic rings. The maximum atomic E-state index is 11.9. The highest BCUT2D eigenvalue weighted by atomic mass is 35.5. The van der Waals surface area contributed by atoms with Crippen LogP contribution in [-0.4, -0.2) is 15.9 Å². The molecule has 0 radical (unpaired) electrons. The summed E-state index contributed by atoms with van der Waals surface area (Å²) in [6.07, 6.45) is 4.90. The number of nitro benzene ring substituents is 1. The number of halogens is 1. The number of nitrogens with zero attached hydrogens (tertiary/aromatic N) is 1. The number of thiocarbonyl (C=S) groups is 1. The first-order valence-corrected chi connectivity index (χ1v) is 7.79. The van der Waals surface area contributed by atoms with Crippen LogP contribution in [0.25, 0.3) is 0 Å². The molecule has 0 aromatic heterocycles. The number of carbonyl (C=O) groups is 1. The number of hydrogen-bond donors (Lipinski definition) is 2. The van der Waals surface area contributed by atoms with Gasteiger partial charge in [-0.15, -0.1) is 0 Å². The van der Waals surface area contributed by atoms with Gasteiger partial charge in [-0.1, -0.05) is 24.4 Å². The van der Waals surface area contributed by atoms with Gasteiger partial charge in [-0.2, -0.15) is 0 Å². The van der Waals surface area contributed by atoms with Crippen LogP contribution >= 0.6 is 23.8 Å². The van der Waals surface area contributed by atoms with Gasteiger partial charge in [-0.3, -0.25) is 14.9 Å². The molecular weight excluding hydrogens is 326 g/mol. The van der Waals surface area contributed by atoms with E-state index in [0.29, 0.717) is 12.3 Å². The second kappa shape index (κ2) is 7.51. The number of nitrogens with one attached hydrogen (secondary N) is 2. The highest BCUT2D eigenvalue weighted by Gasteiger charge is 2.20. The Kier molecular flexibility index (Phi) is 5.68. The lowest BCUT2D eigenvalue weighted by molar-refractivity contribution is -0.383. The monoisotopic (exact) mass is 341 g/mol. The van der Waals surface area contributed by atoms with Gasteiger partial charge in [0.05, 0.1) is 4.92 Å². The van der Waals surface area contributed by atoms with Crippen molar-refractivity contribution >= 4 is 46.2 Å². The van der Waals surface area contributed by atoms with Crippen LogP contribution in [0, 0.1) is 16.0 Å². The summed E-state index contributed by atoms with van der Waals surface area (Å²) in [6, 6.07) is 4.20. The second-order valence-corrected chi connectivity index (χ2v) is 6.12. The van der Waals surface area contributed by atoms with E-state index in [1.165, 1.54) is 18.2 Å². The van der Waals surface area contributed by atoms with Crippen LogP contribution in [0.4, 0.5) is 11.4 Å². The number of benzene rings is 1. The van der Waals surface area contributed by atoms with Crippen LogP contribution in [0.2, 0.25) is 5.02 Å². The average molecular weight is 342 g/mol. The van der Waals surface area contributed by atoms with E-state index in [0.717, 1.165) is 25.7 Å². The molecule has 0 aliphatic heterocycles. The van der Waals surface area contributed by atoms with Crippen molar-refractivity contribution in [1.29, 1.82) is 0 Å². The zero-order chi connectivity index (χ0) is 16.1. The predicted molar refractivity (Wildman–Crippen MR) is 89.0 cm³/mol. The highest BCUT2D eigenvalue weighted by Crippen LogP contribution is 2.28. The Morgan fingerprint density at radius 1 is 1.41 bits per heavy atom. The maximum Gasteiger partial charge on any atom is 0.294 e. The Hall–Kier alpha value is -1.73. The van der Waals surface area contributed by atoms with E-state index in [1.807, 2.05) is 0 Å². The molecule has 118 valence electrons. The number of carbonyl (C=O) groups excluding carboxylic acids is 1. The van der Waals surface area contributed by atoms with Crippen molar-refractivity contribution in [3.8, 4) is 0 Å². The van der Waals surface area contributed by atoms with E-state index < -0.39 is 4.92 Å². The Morgan fingerprint density at radius 3 is 2.73 bits per heavy atom. The van der Waals surface area contributed by atoms with Crippen LogP contribution in [0.5, 0.6) is 0 Å². The van der Waals surface area contributed by atoms with Gasteiger partial charge in [0.2, 0.25) is 5.91 Å². The molecule has 1 amide bonds. The van der Waals surface area contributed by atoms with E-state index >= 15 is 0 Å². The minimum atomic E-state index is -0.558. The third-order valence-corrected chi connectivity index (χ3v) is 4.05. The molecule has 0 spiro atoms. The largest absolute Gasteiger partial charge is 0.327 e. The summed E-state index contributed by atoms with van der Waals surface area (Å²) in [5.41, 5.74) is 0.000424. The third-order valence-electron chi connectivity index (χ3n) is 3.61. The van der Waals surface area contributed by atoms with Crippen molar-refractivity contribution in [2.45, 2.75) is 32.1 Å². The molecule has 2 N–H and O–H groups in total. The molecule has 1 aliphatic carbocycles. The first-order chi connectivity index (χ1) is 10.5. The summed E-state index contributed by atoms with van der Waals surface area (Å²) in [5, 5.41) is 16.5. The normalized spacial score (nSPS) is 14.6. The SMILES string of the molecule is O=C(CC1CCCC1)NC(=S)Nc1ccc(Cl)cc1[N+](=O)[O-]. The van der Waals surface area contributed by atoms with Gasteiger partial charge in [0.1, 0.15) is 5.69 Å². The molecule has 0 heterocycles. The molecular formula is C14H16ClN3O3S. The standard InChI is InChI=1S/C14H16ClN3O3S/c15-10-5-6-11(12(8-10)18(20)21)16-14(22)17-13(19)7-9-3-1-2-4-9/h5-6,8-9H,1-4,7H2,(H2,16,17,19,22). The van der Waals surface area contributed by atoms with Gasteiger partial charge in [-0.25, -0.2) is 0 Å². The quantitative estimate of drug-likeness (QED) is 0.496. The first-order valence-electron chi connectivity index (χ1n) is 7.00. The van der Waals surface area contributed by atoms with Crippen LogP contribution in [-0.2, 0) is 4.79 Å². The van der Waals surface area contributed by atoms with E-state index in [2.05, 4.69) is 10.6 Å². The van der Waals surface area contributed by atoms with Crippen molar-refractivity contribution in [3.05, 3.63) is 33.3 Å². The van der Waals surface area contributed by atoms with Crippen LogP contribution < -0.4 is 10.6 Å². The molecule has 2 rings (SSSR count). The first kappa shape index (κ1) is 16.6. The van der Waals surface area contributed by atoms with Gasteiger partial charge < -0.3 is 10.6 Å². The van der Waals surface area contributed by atoms with Crippen LogP contribution in [0.15, 0.2) is 18.2 Å². The fraction of sp³-hybridized carbons (Fsp3) is 0.429. The van der Waals surface area contributed by atoms with Crippen LogP contribution in [0.3, 0.4) is 0 Å². The molecule has 0 bridgehead atoms. The van der Waals surface area contributed by atoms with Gasteiger partial charge in [0, 0.05) is 17.5 Å². The highest BCUT2D eigenvalue weighted by molar-refractivity contribution is 7.80. The summed E-state index contributed by atoms with van der Waals surface area (Å²) in [4.78, 5) is 22.3. The summed E-state index contributed by atoms with van der Waals surface area (Å²) in [5.74, 6) is 0.244. The van der Waals surface area contributed by atoms with Crippen molar-refractivity contribution in [2.75, 3.05) is 5.32 Å². The molecule has 0 unspecified atom stereocenters. The smallest absolute Gasteiger partial charge is 0.294 e. The lowest BCUT2D eigenvalue weighted by Gasteiger charge is -2.12. The van der Waals surface area contributed by atoms with Crippen molar-refractivity contribution in [1.82, 2.24) is 5.32 Å². The summed E-state index contributed by atoms with van der Waals surface area (Å²) in [7, 11) is 0. The molecule has 0 saturated heterocycles. The molecule has 6 nitrogen and oxygen atoms in total. The van der Waals surface area contributed by atoms with Crippen molar-refractivity contribution in [3.63, 3.8) is 0 Å². The molecule has 1 saturated carbocycles. The Balaban J connectivity index is 1.94. The molecule has 1 aromatic rings. The second-order valence-electron chi connectivity index (χ2n) is 5.28. The maximum absolute atomic E-state index is 11.9. The number of hydrogen-bond acceptors (Lipinski definition) is 4. The number of anilines is 1. The number of nitro groups is 1. The molecule has 1 aromatic carbocycles. The van der Waals surface area contributed by atoms with E-state index in [1.54, 1.807) is 0 Å². The van der Waals surface area contributed by atoms with Crippen LogP contribution in [0.1, 0.15) is 32.1 Å². The Morgan fingerprint density at radius 2 is 2.09 bits per heavy atom. The van der Waals surface area contributed by atoms with E-state index in [4.69, 9.17) is 23.8 Å². The minimum absolute atomic E-state index is 0.0495. The summed E-state index contributed by atoms with van der Waals surface area (Å²) in [6.45, 7) is 0. The van der Waals surface area contributed by atoms with Gasteiger partial charge in [0.25, 0.3) is 5.69 Å². The minimum Gasteiger partial charge on any atom is -0.327 e. The van der Waals surface area contributed by atoms with Gasteiger partial charge in [-0.05, 0) is 43.1 Å². The average Bonchev–Trinajstić information content (AvgIpc) is 2.93. The van der Waals surface area contributed by atoms with Gasteiger partial charge >= 0.3 is 0 Å². The van der Waals surface area contributed by atoms with E-state index in [9.17, 15) is 14.9 Å². The lowest BCUT2D eigenvalue weighted by Crippen LogP contribution is -2.35. The van der Waals surface area contributed by atoms with E-state index in [-0.39, 0.29) is 27.4 Å². The number of rotatable bonds is 4. The molecule has 0 atom stereocenters. The lowest BCUT2D eigenvalue weighted by atomic mass is 10.0. The summed E-state index contributed by atoms with van der Waals surface area (Å²) >= 11 is 10.8. The van der Waals surface area contributed by atoms with Crippen molar-refractivity contribution in [2.24, 2.45) is 5.92 Å². The topological polar surface area (TPSA) is 84.3 Å². The fourth-order valence-electron chi connectivity index (χ4n) is 2.57. The number of amides is 1. The predicted octanol–water partition coefficient (Wildman–Crippen LogP) is 3.64. The summed E-state index contributed by atoms with van der Waals surface area (Å²) < 4.78 is 0. The molecule has 22 heavy (non-hydrogen) atoms. The molecule has 1 fully saturated rings. The fourth-order valence-corrected chi connectivity index (χ4v) is 2.96. The zero-order valence-electron chi connectivity index (χ0n) is 11.8. The van der Waals surface area contributed by atoms with Gasteiger partial charge in [0.15, 0.2) is 5.11 Å². The molecule has 8 heteroatoms. The zero-order valence-corrected chi connectivity index (χ0v) is 13.4. The third kappa shape index (κ3) is 4.64. The Bertz CT molecular complexity index is 603.